The van der Waals surface area contributed by atoms with Crippen LogP contribution in [0.4, 0.5) is 10.5 Å². The first-order chi connectivity index (χ1) is 40.4. The monoisotopic (exact) mass is 1110 g/mol. The summed E-state index contributed by atoms with van der Waals surface area (Å²) in [7, 11) is -2.83. The first kappa shape index (κ1) is 57.6. The van der Waals surface area contributed by atoms with Gasteiger partial charge in [0.2, 0.25) is 11.8 Å². The van der Waals surface area contributed by atoms with E-state index >= 15 is 4.79 Å². The standard InChI is InChI=1S/C73H74N4O5Si/c1-53-41-45-58(46-42-53)73(56-28-12-6-13-29-56,57-30-14-7-15-31-57)74-49-25-24-40-67(69(78)75-59-47-43-55(44-48-59)52-82-83(72(2,3)4,60-32-16-8-17-33-60)61-34-18-9-19-35-61)76-70(79)68(50-54-26-10-5-11-27-54)77(71(80)81)51-66-64-38-22-20-36-62(64)63-37-21-23-39-65(63)66/h5-23,26-39,41-48,66-68,74H,24-25,40,49-52H2,1-4H3,(H,75,78)(H,76,79)(H,80,81). The minimum atomic E-state index is -2.83. The minimum absolute atomic E-state index is 0.0362. The molecular weight excluding hydrogens is 1040 g/mol. The molecule has 1 aliphatic rings. The van der Waals surface area contributed by atoms with Gasteiger partial charge in [0.1, 0.15) is 12.1 Å². The molecule has 0 saturated carbocycles. The van der Waals surface area contributed by atoms with Crippen molar-refractivity contribution in [3.05, 3.63) is 293 Å². The molecule has 0 bridgehead atoms. The van der Waals surface area contributed by atoms with Crippen LogP contribution in [0.15, 0.2) is 249 Å². The number of hydrogen-bond donors (Lipinski definition) is 4. The predicted octanol–water partition coefficient (Wildman–Crippen LogP) is 13.7. The molecule has 420 valence electrons. The number of nitrogens with zero attached hydrogens (tertiary/aromatic N) is 1. The highest BCUT2D eigenvalue weighted by molar-refractivity contribution is 6.99. The molecule has 0 fully saturated rings. The highest BCUT2D eigenvalue weighted by Gasteiger charge is 2.50. The van der Waals surface area contributed by atoms with Crippen molar-refractivity contribution in [3.63, 3.8) is 0 Å². The summed E-state index contributed by atoms with van der Waals surface area (Å²) in [5.74, 6) is -1.26. The summed E-state index contributed by atoms with van der Waals surface area (Å²) in [5.41, 5.74) is 10.2. The van der Waals surface area contributed by atoms with Gasteiger partial charge >= 0.3 is 6.09 Å². The number of rotatable bonds is 23. The Labute approximate surface area is 490 Å². The molecular formula is C73H74N4O5Si. The van der Waals surface area contributed by atoms with E-state index in [1.807, 2.05) is 115 Å². The Balaban J connectivity index is 0.929. The van der Waals surface area contributed by atoms with Crippen molar-refractivity contribution in [2.75, 3.05) is 18.4 Å². The molecule has 2 unspecified atom stereocenters. The number of anilines is 1. The maximum absolute atomic E-state index is 15.3. The summed E-state index contributed by atoms with van der Waals surface area (Å²) in [6, 6.07) is 81.9. The van der Waals surface area contributed by atoms with Crippen LogP contribution in [0, 0.1) is 6.92 Å². The predicted molar refractivity (Wildman–Crippen MR) is 338 cm³/mol. The third-order valence-corrected chi connectivity index (χ3v) is 21.5. The number of fused-ring (bicyclic) bond motifs is 3. The van der Waals surface area contributed by atoms with Crippen molar-refractivity contribution in [2.24, 2.45) is 0 Å². The number of hydrogen-bond acceptors (Lipinski definition) is 5. The van der Waals surface area contributed by atoms with Crippen LogP contribution < -0.4 is 26.3 Å². The van der Waals surface area contributed by atoms with E-state index in [1.54, 1.807) is 0 Å². The Morgan fingerprint density at radius 2 is 1.04 bits per heavy atom. The minimum Gasteiger partial charge on any atom is -0.465 e. The topological polar surface area (TPSA) is 120 Å². The van der Waals surface area contributed by atoms with Crippen LogP contribution in [0.3, 0.4) is 0 Å². The third-order valence-electron chi connectivity index (χ3n) is 16.5. The fraction of sp³-hybridized carbons (Fsp3) is 0.219. The van der Waals surface area contributed by atoms with Crippen LogP contribution in [-0.2, 0) is 32.6 Å². The number of nitrogens with one attached hydrogen (secondary N) is 3. The van der Waals surface area contributed by atoms with E-state index in [9.17, 15) is 14.7 Å². The van der Waals surface area contributed by atoms with E-state index in [4.69, 9.17) is 4.43 Å². The molecule has 0 aromatic heterocycles. The zero-order chi connectivity index (χ0) is 57.8. The highest BCUT2D eigenvalue weighted by atomic mass is 28.4. The summed E-state index contributed by atoms with van der Waals surface area (Å²) in [5, 5.41) is 23.7. The SMILES string of the molecule is Cc1ccc(C(NCCCCC(NC(=O)C(Cc2ccccc2)N(CC2c3ccccc3-c3ccccc32)C(=O)O)C(=O)Nc2ccc(CO[Si](c3ccccc3)(c3ccccc3)C(C)(C)C)cc2)(c2ccccc2)c2ccccc2)cc1. The first-order valence-electron chi connectivity index (χ1n) is 29.0. The number of carbonyl (C=O) groups is 3. The molecule has 0 spiro atoms. The molecule has 3 amide bonds. The van der Waals surface area contributed by atoms with Gasteiger partial charge in [-0.15, -0.1) is 0 Å². The maximum atomic E-state index is 15.3. The third kappa shape index (κ3) is 12.7. The molecule has 10 rings (SSSR count). The van der Waals surface area contributed by atoms with Crippen LogP contribution in [0.5, 0.6) is 0 Å². The van der Waals surface area contributed by atoms with Crippen molar-refractivity contribution < 1.29 is 23.9 Å². The quantitative estimate of drug-likeness (QED) is 0.0288. The van der Waals surface area contributed by atoms with Crippen LogP contribution in [0.2, 0.25) is 5.04 Å². The Hall–Kier alpha value is -8.67. The van der Waals surface area contributed by atoms with Gasteiger partial charge in [-0.25, -0.2) is 4.79 Å². The van der Waals surface area contributed by atoms with Crippen molar-refractivity contribution >= 4 is 42.3 Å². The summed E-state index contributed by atoms with van der Waals surface area (Å²) in [4.78, 5) is 45.3. The number of carbonyl (C=O) groups excluding carboxylic acids is 2. The van der Waals surface area contributed by atoms with Gasteiger partial charge < -0.3 is 20.2 Å². The summed E-state index contributed by atoms with van der Waals surface area (Å²) in [6.45, 7) is 9.83. The molecule has 0 aliphatic heterocycles. The smallest absolute Gasteiger partial charge is 0.408 e. The fourth-order valence-corrected chi connectivity index (χ4v) is 16.9. The zero-order valence-electron chi connectivity index (χ0n) is 47.9. The summed E-state index contributed by atoms with van der Waals surface area (Å²) < 4.78 is 7.25. The van der Waals surface area contributed by atoms with Gasteiger partial charge in [-0.2, -0.15) is 0 Å². The molecule has 9 aromatic carbocycles. The van der Waals surface area contributed by atoms with Gasteiger partial charge in [-0.3, -0.25) is 19.8 Å². The lowest BCUT2D eigenvalue weighted by atomic mass is 9.76. The summed E-state index contributed by atoms with van der Waals surface area (Å²) >= 11 is 0. The Kier molecular flexibility index (Phi) is 18.1. The van der Waals surface area contributed by atoms with Gasteiger partial charge in [0.15, 0.2) is 0 Å². The van der Waals surface area contributed by atoms with Crippen LogP contribution >= 0.6 is 0 Å². The number of benzene rings is 9. The molecule has 1 aliphatic carbocycles. The fourth-order valence-electron chi connectivity index (χ4n) is 12.3. The number of carboxylic acid groups (broad SMARTS) is 1. The average Bonchev–Trinajstić information content (AvgIpc) is 3.69. The van der Waals surface area contributed by atoms with Gasteiger partial charge in [-0.1, -0.05) is 263 Å². The summed E-state index contributed by atoms with van der Waals surface area (Å²) in [6.07, 6.45) is 0.376. The highest BCUT2D eigenvalue weighted by Crippen LogP contribution is 2.45. The van der Waals surface area contributed by atoms with Gasteiger partial charge in [0.05, 0.1) is 12.1 Å². The molecule has 83 heavy (non-hydrogen) atoms. The van der Waals surface area contributed by atoms with Crippen LogP contribution in [0.1, 0.15) is 90.5 Å². The lowest BCUT2D eigenvalue weighted by molar-refractivity contribution is -0.130. The lowest BCUT2D eigenvalue weighted by Crippen LogP contribution is -2.66. The Morgan fingerprint density at radius 3 is 1.55 bits per heavy atom. The molecule has 0 saturated heterocycles. The second-order valence-corrected chi connectivity index (χ2v) is 27.1. The number of amides is 3. The zero-order valence-corrected chi connectivity index (χ0v) is 48.9. The lowest BCUT2D eigenvalue weighted by Gasteiger charge is -2.43. The Morgan fingerprint density at radius 1 is 0.554 bits per heavy atom. The van der Waals surface area contributed by atoms with E-state index in [1.165, 1.54) is 15.3 Å². The maximum Gasteiger partial charge on any atom is 0.408 e. The van der Waals surface area contributed by atoms with E-state index in [0.717, 1.165) is 55.6 Å². The molecule has 10 heteroatoms. The average molecular weight is 1120 g/mol. The largest absolute Gasteiger partial charge is 0.465 e. The van der Waals surface area contributed by atoms with Crippen molar-refractivity contribution in [1.29, 1.82) is 0 Å². The van der Waals surface area contributed by atoms with Gasteiger partial charge in [0.25, 0.3) is 8.32 Å². The van der Waals surface area contributed by atoms with Crippen molar-refractivity contribution in [2.45, 2.75) is 88.6 Å². The van der Waals surface area contributed by atoms with E-state index < -0.39 is 43.8 Å². The molecule has 9 nitrogen and oxygen atoms in total. The Bertz CT molecular complexity index is 3460. The second kappa shape index (κ2) is 26.1. The second-order valence-electron chi connectivity index (χ2n) is 22.8. The molecule has 4 N–H and O–H groups in total. The normalized spacial score (nSPS) is 13.1. The molecule has 0 radical (unpaired) electrons. The van der Waals surface area contributed by atoms with Crippen LogP contribution in [-0.4, -0.2) is 61.4 Å². The molecule has 2 atom stereocenters. The van der Waals surface area contributed by atoms with Crippen LogP contribution in [0.25, 0.3) is 11.1 Å². The van der Waals surface area contributed by atoms with E-state index in [-0.39, 0.29) is 30.3 Å². The first-order valence-corrected chi connectivity index (χ1v) is 30.9. The molecule has 0 heterocycles. The van der Waals surface area contributed by atoms with Crippen molar-refractivity contribution in [1.82, 2.24) is 15.5 Å². The van der Waals surface area contributed by atoms with E-state index in [2.05, 4.69) is 177 Å². The van der Waals surface area contributed by atoms with E-state index in [0.29, 0.717) is 31.7 Å². The number of unbranched alkanes of at least 4 members (excludes halogenated alkanes) is 1. The number of aryl methyl sites for hydroxylation is 1. The van der Waals surface area contributed by atoms with Gasteiger partial charge in [0, 0.05) is 24.6 Å². The van der Waals surface area contributed by atoms with Crippen molar-refractivity contribution in [3.8, 4) is 11.1 Å². The van der Waals surface area contributed by atoms with Gasteiger partial charge in [-0.05, 0) is 110 Å². The molecule has 9 aromatic rings.